The van der Waals surface area contributed by atoms with Crippen molar-refractivity contribution in [3.8, 4) is 28.2 Å². The first-order valence-corrected chi connectivity index (χ1v) is 11.3. The van der Waals surface area contributed by atoms with Crippen LogP contribution in [0.15, 0.2) is 120 Å². The molecule has 0 atom stereocenters. The third kappa shape index (κ3) is 4.64. The molecule has 4 nitrogen and oxygen atoms in total. The lowest BCUT2D eigenvalue weighted by molar-refractivity contribution is 0.102. The number of halogens is 1. The van der Waals surface area contributed by atoms with Crippen molar-refractivity contribution in [1.29, 1.82) is 0 Å². The molecule has 5 heteroatoms. The van der Waals surface area contributed by atoms with Gasteiger partial charge in [0.25, 0.3) is 5.91 Å². The number of carbonyl (C=O) groups excluding carboxylic acids is 1. The summed E-state index contributed by atoms with van der Waals surface area (Å²) < 4.78 is 2.89. The first-order chi connectivity index (χ1) is 16.2. The Kier molecular flexibility index (Phi) is 5.87. The highest BCUT2D eigenvalue weighted by Crippen LogP contribution is 2.29. The Balaban J connectivity index is 1.47. The minimum absolute atomic E-state index is 0.155. The lowest BCUT2D eigenvalue weighted by Gasteiger charge is -2.09. The van der Waals surface area contributed by atoms with Gasteiger partial charge in [0.2, 0.25) is 0 Å². The van der Waals surface area contributed by atoms with Crippen LogP contribution in [0.4, 0.5) is 5.69 Å². The fraction of sp³-hybridized carbons (Fsp3) is 0. The molecule has 1 N–H and O–H groups in total. The highest BCUT2D eigenvalue weighted by molar-refractivity contribution is 9.10. The van der Waals surface area contributed by atoms with E-state index in [1.54, 1.807) is 0 Å². The molecule has 0 bridgehead atoms. The average molecular weight is 494 g/mol. The van der Waals surface area contributed by atoms with Crippen LogP contribution in [0, 0.1) is 0 Å². The number of benzene rings is 4. The van der Waals surface area contributed by atoms with Gasteiger partial charge in [-0.15, -0.1) is 0 Å². The number of anilines is 1. The number of carbonyl (C=O) groups is 1. The summed E-state index contributed by atoms with van der Waals surface area (Å²) in [7, 11) is 0. The molecule has 5 rings (SSSR count). The maximum Gasteiger partial charge on any atom is 0.255 e. The van der Waals surface area contributed by atoms with Crippen LogP contribution < -0.4 is 5.32 Å². The predicted molar refractivity (Wildman–Crippen MR) is 137 cm³/mol. The molecule has 1 aromatic heterocycles. The van der Waals surface area contributed by atoms with Gasteiger partial charge in [-0.1, -0.05) is 76.6 Å². The number of nitrogens with one attached hydrogen (secondary N) is 1. The van der Waals surface area contributed by atoms with Gasteiger partial charge >= 0.3 is 0 Å². The summed E-state index contributed by atoms with van der Waals surface area (Å²) in [5.74, 6) is -0.155. The second-order valence-corrected chi connectivity index (χ2v) is 8.48. The summed E-state index contributed by atoms with van der Waals surface area (Å²) >= 11 is 3.40. The van der Waals surface area contributed by atoms with Gasteiger partial charge in [0.15, 0.2) is 0 Å². The largest absolute Gasteiger partial charge is 0.322 e. The SMILES string of the molecule is O=C(Nc1ccc(Br)cc1)c1ccc(-n2nc(-c3ccccc3)cc2-c2ccccc2)cc1. The van der Waals surface area contributed by atoms with Gasteiger partial charge in [-0.2, -0.15) is 5.10 Å². The maximum absolute atomic E-state index is 12.7. The number of hydrogen-bond acceptors (Lipinski definition) is 2. The molecule has 0 fully saturated rings. The quantitative estimate of drug-likeness (QED) is 0.280. The summed E-state index contributed by atoms with van der Waals surface area (Å²) in [5.41, 5.74) is 6.23. The molecule has 33 heavy (non-hydrogen) atoms. The van der Waals surface area contributed by atoms with E-state index < -0.39 is 0 Å². The smallest absolute Gasteiger partial charge is 0.255 e. The number of rotatable bonds is 5. The molecular weight excluding hydrogens is 474 g/mol. The summed E-state index contributed by atoms with van der Waals surface area (Å²) in [5, 5.41) is 7.81. The van der Waals surface area contributed by atoms with Crippen LogP contribution >= 0.6 is 15.9 Å². The van der Waals surface area contributed by atoms with Crippen LogP contribution in [0.2, 0.25) is 0 Å². The first kappa shape index (κ1) is 20.9. The van der Waals surface area contributed by atoms with E-state index in [9.17, 15) is 4.79 Å². The van der Waals surface area contributed by atoms with Gasteiger partial charge in [0.05, 0.1) is 17.1 Å². The first-order valence-electron chi connectivity index (χ1n) is 10.6. The molecule has 0 aliphatic heterocycles. The minimum atomic E-state index is -0.155. The zero-order chi connectivity index (χ0) is 22.6. The monoisotopic (exact) mass is 493 g/mol. The third-order valence-electron chi connectivity index (χ3n) is 5.32. The Morgan fingerprint density at radius 1 is 0.727 bits per heavy atom. The molecular formula is C28H20BrN3O. The summed E-state index contributed by atoms with van der Waals surface area (Å²) in [4.78, 5) is 12.7. The van der Waals surface area contributed by atoms with Crippen LogP contribution in [-0.4, -0.2) is 15.7 Å². The molecule has 0 saturated heterocycles. The summed E-state index contributed by atoms with van der Waals surface area (Å²) in [6, 6.07) is 37.4. The van der Waals surface area contributed by atoms with E-state index in [0.717, 1.165) is 38.4 Å². The lowest BCUT2D eigenvalue weighted by atomic mass is 10.1. The van der Waals surface area contributed by atoms with Crippen molar-refractivity contribution in [3.05, 3.63) is 125 Å². The molecule has 0 saturated carbocycles. The topological polar surface area (TPSA) is 46.9 Å². The van der Waals surface area contributed by atoms with Gasteiger partial charge in [-0.05, 0) is 54.6 Å². The van der Waals surface area contributed by atoms with Gasteiger partial charge in [-0.25, -0.2) is 4.68 Å². The van der Waals surface area contributed by atoms with Crippen LogP contribution in [0.3, 0.4) is 0 Å². The molecule has 1 amide bonds. The highest BCUT2D eigenvalue weighted by Gasteiger charge is 2.14. The predicted octanol–water partition coefficient (Wildman–Crippen LogP) is 7.22. The lowest BCUT2D eigenvalue weighted by Crippen LogP contribution is -2.12. The average Bonchev–Trinajstić information content (AvgIpc) is 3.32. The molecule has 160 valence electrons. The van der Waals surface area contributed by atoms with E-state index in [0.29, 0.717) is 5.56 Å². The third-order valence-corrected chi connectivity index (χ3v) is 5.85. The van der Waals surface area contributed by atoms with Crippen molar-refractivity contribution in [1.82, 2.24) is 9.78 Å². The normalized spacial score (nSPS) is 10.7. The molecule has 0 unspecified atom stereocenters. The standard InChI is InChI=1S/C28H20BrN3O/c29-23-13-15-24(16-14-23)30-28(33)22-11-17-25(18-12-22)32-27(21-9-5-2-6-10-21)19-26(31-32)20-7-3-1-4-8-20/h1-19H,(H,30,33). The summed E-state index contributed by atoms with van der Waals surface area (Å²) in [6.07, 6.45) is 0. The number of aromatic nitrogens is 2. The Morgan fingerprint density at radius 2 is 1.33 bits per heavy atom. The van der Waals surface area contributed by atoms with Crippen LogP contribution in [0.1, 0.15) is 10.4 Å². The Hall–Kier alpha value is -3.96. The van der Waals surface area contributed by atoms with Crippen LogP contribution in [0.25, 0.3) is 28.2 Å². The zero-order valence-corrected chi connectivity index (χ0v) is 19.2. The second kappa shape index (κ2) is 9.27. The van der Waals surface area contributed by atoms with Crippen molar-refractivity contribution in [2.24, 2.45) is 0 Å². The van der Waals surface area contributed by atoms with E-state index in [1.807, 2.05) is 89.6 Å². The van der Waals surface area contributed by atoms with Crippen LogP contribution in [0.5, 0.6) is 0 Å². The second-order valence-electron chi connectivity index (χ2n) is 7.57. The van der Waals surface area contributed by atoms with E-state index >= 15 is 0 Å². The van der Waals surface area contributed by atoms with E-state index in [-0.39, 0.29) is 5.91 Å². The summed E-state index contributed by atoms with van der Waals surface area (Å²) in [6.45, 7) is 0. The van der Waals surface area contributed by atoms with Crippen molar-refractivity contribution in [3.63, 3.8) is 0 Å². The van der Waals surface area contributed by atoms with Crippen LogP contribution in [-0.2, 0) is 0 Å². The molecule has 0 spiro atoms. The minimum Gasteiger partial charge on any atom is -0.322 e. The molecule has 5 aromatic rings. The Bertz CT molecular complexity index is 1380. The van der Waals surface area contributed by atoms with E-state index in [1.165, 1.54) is 0 Å². The Morgan fingerprint density at radius 3 is 1.97 bits per heavy atom. The molecule has 0 aliphatic carbocycles. The van der Waals surface area contributed by atoms with Gasteiger partial charge in [-0.3, -0.25) is 4.79 Å². The maximum atomic E-state index is 12.7. The fourth-order valence-corrected chi connectivity index (χ4v) is 3.90. The fourth-order valence-electron chi connectivity index (χ4n) is 3.63. The van der Waals surface area contributed by atoms with Crippen molar-refractivity contribution >= 4 is 27.5 Å². The molecule has 4 aromatic carbocycles. The molecule has 1 heterocycles. The number of amides is 1. The number of hydrogen-bond donors (Lipinski definition) is 1. The van der Waals surface area contributed by atoms with Crippen molar-refractivity contribution < 1.29 is 4.79 Å². The van der Waals surface area contributed by atoms with Gasteiger partial charge < -0.3 is 5.32 Å². The van der Waals surface area contributed by atoms with E-state index in [4.69, 9.17) is 5.10 Å². The van der Waals surface area contributed by atoms with Gasteiger partial charge in [0, 0.05) is 26.9 Å². The molecule has 0 aliphatic rings. The van der Waals surface area contributed by atoms with E-state index in [2.05, 4.69) is 51.6 Å². The Labute approximate surface area is 200 Å². The van der Waals surface area contributed by atoms with Crippen molar-refractivity contribution in [2.75, 3.05) is 5.32 Å². The zero-order valence-electron chi connectivity index (χ0n) is 17.7. The van der Waals surface area contributed by atoms with Gasteiger partial charge in [0.1, 0.15) is 0 Å². The molecule has 0 radical (unpaired) electrons. The van der Waals surface area contributed by atoms with Crippen molar-refractivity contribution in [2.45, 2.75) is 0 Å². The highest BCUT2D eigenvalue weighted by atomic mass is 79.9. The number of nitrogens with zero attached hydrogens (tertiary/aromatic N) is 2.